The highest BCUT2D eigenvalue weighted by molar-refractivity contribution is 7.80. The Morgan fingerprint density at radius 1 is 1.25 bits per heavy atom. The lowest BCUT2D eigenvalue weighted by molar-refractivity contribution is 0.589. The first-order chi connectivity index (χ1) is 9.75. The Bertz CT molecular complexity index is 603. The molecule has 0 radical (unpaired) electrons. The van der Waals surface area contributed by atoms with Crippen LogP contribution in [0.15, 0.2) is 36.7 Å². The molecule has 0 aliphatic heterocycles. The SMILES string of the molecule is NC(=S)C(Cn1cnc2c1CCCC2)c1ccccc1. The van der Waals surface area contributed by atoms with Gasteiger partial charge in [-0.3, -0.25) is 0 Å². The second-order valence-electron chi connectivity index (χ2n) is 5.36. The van der Waals surface area contributed by atoms with Crippen molar-refractivity contribution >= 4 is 17.2 Å². The number of rotatable bonds is 4. The minimum Gasteiger partial charge on any atom is -0.393 e. The zero-order valence-corrected chi connectivity index (χ0v) is 12.3. The van der Waals surface area contributed by atoms with Crippen molar-refractivity contribution in [2.45, 2.75) is 38.1 Å². The Kier molecular flexibility index (Phi) is 3.83. The van der Waals surface area contributed by atoms with E-state index in [9.17, 15) is 0 Å². The van der Waals surface area contributed by atoms with Gasteiger partial charge in [0.05, 0.1) is 22.9 Å². The van der Waals surface area contributed by atoms with Gasteiger partial charge >= 0.3 is 0 Å². The highest BCUT2D eigenvalue weighted by atomic mass is 32.1. The molecule has 1 aromatic carbocycles. The van der Waals surface area contributed by atoms with Gasteiger partial charge in [-0.25, -0.2) is 4.98 Å². The molecule has 3 rings (SSSR count). The second-order valence-corrected chi connectivity index (χ2v) is 5.83. The lowest BCUT2D eigenvalue weighted by atomic mass is 9.97. The number of nitrogens with two attached hydrogens (primary N) is 1. The van der Waals surface area contributed by atoms with E-state index in [1.165, 1.54) is 29.8 Å². The summed E-state index contributed by atoms with van der Waals surface area (Å²) in [5.41, 5.74) is 9.76. The van der Waals surface area contributed by atoms with Crippen LogP contribution in [-0.4, -0.2) is 14.5 Å². The van der Waals surface area contributed by atoms with Crippen LogP contribution in [0.25, 0.3) is 0 Å². The number of imidazole rings is 1. The Hall–Kier alpha value is -1.68. The monoisotopic (exact) mass is 285 g/mol. The highest BCUT2D eigenvalue weighted by Crippen LogP contribution is 2.24. The first-order valence-corrected chi connectivity index (χ1v) is 7.53. The van der Waals surface area contributed by atoms with Crippen molar-refractivity contribution in [2.75, 3.05) is 0 Å². The van der Waals surface area contributed by atoms with Gasteiger partial charge in [0.15, 0.2) is 0 Å². The van der Waals surface area contributed by atoms with Gasteiger partial charge in [0.2, 0.25) is 0 Å². The van der Waals surface area contributed by atoms with Crippen LogP contribution in [0.4, 0.5) is 0 Å². The van der Waals surface area contributed by atoms with Crippen molar-refractivity contribution in [1.82, 2.24) is 9.55 Å². The van der Waals surface area contributed by atoms with Crippen LogP contribution in [0, 0.1) is 0 Å². The quantitative estimate of drug-likeness (QED) is 0.879. The third kappa shape index (κ3) is 2.61. The van der Waals surface area contributed by atoms with Crippen LogP contribution < -0.4 is 5.73 Å². The molecule has 1 heterocycles. The molecule has 0 amide bonds. The molecule has 20 heavy (non-hydrogen) atoms. The van der Waals surface area contributed by atoms with Gasteiger partial charge < -0.3 is 10.3 Å². The molecule has 0 spiro atoms. The fraction of sp³-hybridized carbons (Fsp3) is 0.375. The van der Waals surface area contributed by atoms with Gasteiger partial charge in [0, 0.05) is 12.2 Å². The van der Waals surface area contributed by atoms with E-state index in [2.05, 4.69) is 21.7 Å². The molecular weight excluding hydrogens is 266 g/mol. The predicted molar refractivity (Wildman–Crippen MR) is 84.8 cm³/mol. The van der Waals surface area contributed by atoms with Crippen LogP contribution >= 0.6 is 12.2 Å². The average Bonchev–Trinajstić information content (AvgIpc) is 2.88. The summed E-state index contributed by atoms with van der Waals surface area (Å²) in [6, 6.07) is 10.3. The van der Waals surface area contributed by atoms with Crippen LogP contribution in [0.1, 0.15) is 35.7 Å². The van der Waals surface area contributed by atoms with Crippen LogP contribution in [-0.2, 0) is 19.4 Å². The number of hydrogen-bond donors (Lipinski definition) is 1. The summed E-state index contributed by atoms with van der Waals surface area (Å²) in [5, 5.41) is 0. The van der Waals surface area contributed by atoms with Crippen molar-refractivity contribution in [2.24, 2.45) is 5.73 Å². The second kappa shape index (κ2) is 5.75. The molecule has 0 saturated heterocycles. The van der Waals surface area contributed by atoms with Gasteiger partial charge in [-0.1, -0.05) is 42.5 Å². The zero-order chi connectivity index (χ0) is 13.9. The Balaban J connectivity index is 1.88. The molecule has 104 valence electrons. The number of nitrogens with zero attached hydrogens (tertiary/aromatic N) is 2. The molecule has 1 aliphatic carbocycles. The van der Waals surface area contributed by atoms with Gasteiger partial charge in [0.1, 0.15) is 0 Å². The number of aryl methyl sites for hydroxylation is 1. The average molecular weight is 285 g/mol. The van der Waals surface area contributed by atoms with E-state index in [4.69, 9.17) is 18.0 Å². The maximum atomic E-state index is 5.96. The van der Waals surface area contributed by atoms with E-state index in [1.807, 2.05) is 24.5 Å². The van der Waals surface area contributed by atoms with E-state index < -0.39 is 0 Å². The molecular formula is C16H19N3S. The van der Waals surface area contributed by atoms with Crippen LogP contribution in [0.5, 0.6) is 0 Å². The number of fused-ring (bicyclic) bond motifs is 1. The van der Waals surface area contributed by atoms with Crippen molar-refractivity contribution in [1.29, 1.82) is 0 Å². The molecule has 3 nitrogen and oxygen atoms in total. The van der Waals surface area contributed by atoms with Gasteiger partial charge in [-0.2, -0.15) is 0 Å². The summed E-state index contributed by atoms with van der Waals surface area (Å²) in [4.78, 5) is 5.09. The lowest BCUT2D eigenvalue weighted by Crippen LogP contribution is -2.24. The number of aromatic nitrogens is 2. The van der Waals surface area contributed by atoms with Gasteiger partial charge in [0.25, 0.3) is 0 Å². The fourth-order valence-electron chi connectivity index (χ4n) is 2.93. The lowest BCUT2D eigenvalue weighted by Gasteiger charge is -2.20. The first-order valence-electron chi connectivity index (χ1n) is 7.13. The normalized spacial score (nSPS) is 15.6. The smallest absolute Gasteiger partial charge is 0.0951 e. The Morgan fingerprint density at radius 3 is 2.75 bits per heavy atom. The molecule has 1 aliphatic rings. The third-order valence-corrected chi connectivity index (χ3v) is 4.32. The predicted octanol–water partition coefficient (Wildman–Crippen LogP) is 2.83. The number of hydrogen-bond acceptors (Lipinski definition) is 2. The Labute approximate surface area is 124 Å². The molecule has 0 saturated carbocycles. The zero-order valence-electron chi connectivity index (χ0n) is 11.5. The molecule has 4 heteroatoms. The molecule has 1 unspecified atom stereocenters. The molecule has 1 atom stereocenters. The fourth-order valence-corrected chi connectivity index (χ4v) is 3.14. The van der Waals surface area contributed by atoms with E-state index >= 15 is 0 Å². The van der Waals surface area contributed by atoms with E-state index in [1.54, 1.807) is 0 Å². The third-order valence-electron chi connectivity index (χ3n) is 4.03. The summed E-state index contributed by atoms with van der Waals surface area (Å²) in [6.45, 7) is 0.793. The van der Waals surface area contributed by atoms with E-state index in [0.29, 0.717) is 4.99 Å². The largest absolute Gasteiger partial charge is 0.393 e. The van der Waals surface area contributed by atoms with Crippen molar-refractivity contribution in [3.8, 4) is 0 Å². The molecule has 0 fully saturated rings. The Morgan fingerprint density at radius 2 is 2.00 bits per heavy atom. The highest BCUT2D eigenvalue weighted by Gasteiger charge is 2.20. The number of benzene rings is 1. The van der Waals surface area contributed by atoms with Crippen LogP contribution in [0.2, 0.25) is 0 Å². The summed E-state index contributed by atoms with van der Waals surface area (Å²) >= 11 is 5.27. The summed E-state index contributed by atoms with van der Waals surface area (Å²) in [5.74, 6) is 0.0754. The summed E-state index contributed by atoms with van der Waals surface area (Å²) in [7, 11) is 0. The molecule has 0 bridgehead atoms. The summed E-state index contributed by atoms with van der Waals surface area (Å²) in [6.07, 6.45) is 6.67. The molecule has 2 aromatic rings. The van der Waals surface area contributed by atoms with Gasteiger partial charge in [-0.05, 0) is 31.2 Å². The first kappa shape index (κ1) is 13.3. The molecule has 2 N–H and O–H groups in total. The van der Waals surface area contributed by atoms with Gasteiger partial charge in [-0.15, -0.1) is 0 Å². The maximum absolute atomic E-state index is 5.96. The maximum Gasteiger partial charge on any atom is 0.0951 e. The van der Waals surface area contributed by atoms with E-state index in [-0.39, 0.29) is 5.92 Å². The van der Waals surface area contributed by atoms with Crippen LogP contribution in [0.3, 0.4) is 0 Å². The van der Waals surface area contributed by atoms with Crippen molar-refractivity contribution in [3.63, 3.8) is 0 Å². The topological polar surface area (TPSA) is 43.8 Å². The minimum absolute atomic E-state index is 0.0754. The molecule has 1 aromatic heterocycles. The standard InChI is InChI=1S/C16H19N3S/c17-16(20)13(12-6-2-1-3-7-12)10-19-11-18-14-8-4-5-9-15(14)19/h1-3,6-7,11,13H,4-5,8-10H2,(H2,17,20). The van der Waals surface area contributed by atoms with Crippen molar-refractivity contribution in [3.05, 3.63) is 53.6 Å². The summed E-state index contributed by atoms with van der Waals surface area (Å²) < 4.78 is 2.24. The van der Waals surface area contributed by atoms with Crippen molar-refractivity contribution < 1.29 is 0 Å². The number of thiocarbonyl (C=S) groups is 1. The minimum atomic E-state index is 0.0754. The van der Waals surface area contributed by atoms with E-state index in [0.717, 1.165) is 19.4 Å².